The van der Waals surface area contributed by atoms with Gasteiger partial charge in [-0.25, -0.2) is 4.39 Å². The molecule has 0 saturated heterocycles. The van der Waals surface area contributed by atoms with Crippen LogP contribution in [-0.2, 0) is 22.6 Å². The summed E-state index contributed by atoms with van der Waals surface area (Å²) in [4.78, 5) is 28.8. The van der Waals surface area contributed by atoms with Crippen LogP contribution in [0, 0.1) is 5.82 Å². The maximum atomic E-state index is 14.2. The number of rotatable bonds is 7. The van der Waals surface area contributed by atoms with Crippen molar-refractivity contribution in [2.75, 3.05) is 14.2 Å². The standard InChI is InChI=1S/C31H32FNO4/c1-4-9-19-16-21(17-27(36-3)31(19)37-18-20-10-5-6-11-22(20)32)28-29-23(12-7-14-25(29)34)33(2)24-13-8-15-26(35)30(24)28/h4-6,10-11,16-17,28H,1,7-9,12-15,18H2,2-3H3. The first-order chi connectivity index (χ1) is 17.9. The SMILES string of the molecule is C=CCc1cc(C2C3=C(CCCC3=O)N(C)C3=C2C(=O)CCC3)cc(OC)c1OCc1ccccc1F. The molecule has 5 rings (SSSR count). The molecule has 37 heavy (non-hydrogen) atoms. The van der Waals surface area contributed by atoms with Crippen LogP contribution in [-0.4, -0.2) is 30.6 Å². The molecule has 5 nitrogen and oxygen atoms in total. The Hall–Kier alpha value is -3.67. The van der Waals surface area contributed by atoms with Crippen LogP contribution in [0.2, 0.25) is 0 Å². The minimum Gasteiger partial charge on any atom is -0.493 e. The molecule has 2 aliphatic carbocycles. The summed E-state index contributed by atoms with van der Waals surface area (Å²) in [7, 11) is 3.55. The summed E-state index contributed by atoms with van der Waals surface area (Å²) >= 11 is 0. The van der Waals surface area contributed by atoms with Crippen molar-refractivity contribution in [1.82, 2.24) is 4.90 Å². The zero-order valence-electron chi connectivity index (χ0n) is 21.4. The van der Waals surface area contributed by atoms with Gasteiger partial charge >= 0.3 is 0 Å². The Morgan fingerprint density at radius 2 is 1.65 bits per heavy atom. The average molecular weight is 502 g/mol. The number of nitrogens with zero attached hydrogens (tertiary/aromatic N) is 1. The molecule has 0 atom stereocenters. The van der Waals surface area contributed by atoms with E-state index < -0.39 is 5.92 Å². The molecule has 0 unspecified atom stereocenters. The van der Waals surface area contributed by atoms with Gasteiger partial charge in [0.1, 0.15) is 12.4 Å². The Balaban J connectivity index is 1.64. The Kier molecular flexibility index (Phi) is 7.00. The number of ether oxygens (including phenoxy) is 2. The van der Waals surface area contributed by atoms with Crippen molar-refractivity contribution in [3.8, 4) is 11.5 Å². The molecule has 1 heterocycles. The highest BCUT2D eigenvalue weighted by molar-refractivity contribution is 6.06. The van der Waals surface area contributed by atoms with Crippen LogP contribution < -0.4 is 9.47 Å². The monoisotopic (exact) mass is 501 g/mol. The third kappa shape index (κ3) is 4.50. The molecular formula is C31H32FNO4. The van der Waals surface area contributed by atoms with Gasteiger partial charge < -0.3 is 14.4 Å². The molecule has 0 N–H and O–H groups in total. The van der Waals surface area contributed by atoms with E-state index in [9.17, 15) is 14.0 Å². The minimum atomic E-state index is -0.431. The van der Waals surface area contributed by atoms with Crippen LogP contribution in [0.3, 0.4) is 0 Å². The zero-order valence-corrected chi connectivity index (χ0v) is 21.4. The number of methoxy groups -OCH3 is 1. The summed E-state index contributed by atoms with van der Waals surface area (Å²) in [5.41, 5.74) is 5.61. The number of hydrogen-bond donors (Lipinski definition) is 0. The van der Waals surface area contributed by atoms with Crippen LogP contribution in [0.5, 0.6) is 11.5 Å². The molecule has 0 radical (unpaired) electrons. The van der Waals surface area contributed by atoms with Gasteiger partial charge in [-0.05, 0) is 49.8 Å². The van der Waals surface area contributed by atoms with Crippen LogP contribution in [0.1, 0.15) is 61.1 Å². The summed E-state index contributed by atoms with van der Waals surface area (Å²) in [5.74, 6) is 0.440. The van der Waals surface area contributed by atoms with Gasteiger partial charge in [-0.2, -0.15) is 0 Å². The van der Waals surface area contributed by atoms with Gasteiger partial charge in [-0.3, -0.25) is 9.59 Å². The lowest BCUT2D eigenvalue weighted by Gasteiger charge is -2.42. The fourth-order valence-electron chi connectivity index (χ4n) is 5.92. The van der Waals surface area contributed by atoms with E-state index in [0.29, 0.717) is 36.3 Å². The Labute approximate surface area is 217 Å². The van der Waals surface area contributed by atoms with Crippen molar-refractivity contribution in [3.05, 3.63) is 94.1 Å². The first kappa shape index (κ1) is 25.0. The van der Waals surface area contributed by atoms with Crippen molar-refractivity contribution >= 4 is 11.6 Å². The smallest absolute Gasteiger partial charge is 0.165 e. The van der Waals surface area contributed by atoms with Gasteiger partial charge in [0.15, 0.2) is 23.1 Å². The van der Waals surface area contributed by atoms with Crippen LogP contribution >= 0.6 is 0 Å². The zero-order chi connectivity index (χ0) is 26.1. The number of hydrogen-bond acceptors (Lipinski definition) is 5. The molecule has 0 fully saturated rings. The first-order valence-electron chi connectivity index (χ1n) is 12.9. The third-order valence-corrected chi connectivity index (χ3v) is 7.65. The van der Waals surface area contributed by atoms with Crippen molar-refractivity contribution in [2.24, 2.45) is 0 Å². The van der Waals surface area contributed by atoms with Gasteiger partial charge in [0.2, 0.25) is 0 Å². The second-order valence-electron chi connectivity index (χ2n) is 9.85. The summed E-state index contributed by atoms with van der Waals surface area (Å²) in [5, 5.41) is 0. The second kappa shape index (κ2) is 10.4. The van der Waals surface area contributed by atoms with Gasteiger partial charge in [0.05, 0.1) is 7.11 Å². The fraction of sp³-hybridized carbons (Fsp3) is 0.355. The molecule has 0 spiro atoms. The maximum absolute atomic E-state index is 14.2. The van der Waals surface area contributed by atoms with Gasteiger partial charge in [0.25, 0.3) is 0 Å². The quantitative estimate of drug-likeness (QED) is 0.424. The van der Waals surface area contributed by atoms with Crippen molar-refractivity contribution in [3.63, 3.8) is 0 Å². The van der Waals surface area contributed by atoms with E-state index in [1.165, 1.54) is 6.07 Å². The van der Waals surface area contributed by atoms with E-state index in [1.54, 1.807) is 31.4 Å². The molecular weight excluding hydrogens is 469 g/mol. The van der Waals surface area contributed by atoms with Gasteiger partial charge in [-0.15, -0.1) is 6.58 Å². The molecule has 0 aromatic heterocycles. The molecule has 1 aliphatic heterocycles. The van der Waals surface area contributed by atoms with Crippen LogP contribution in [0.25, 0.3) is 0 Å². The number of ketones is 2. The normalized spacial score (nSPS) is 18.1. The van der Waals surface area contributed by atoms with Crippen LogP contribution in [0.4, 0.5) is 4.39 Å². The first-order valence-corrected chi connectivity index (χ1v) is 12.9. The van der Waals surface area contributed by atoms with Crippen LogP contribution in [0.15, 0.2) is 71.6 Å². The predicted octanol–water partition coefficient (Wildman–Crippen LogP) is 6.19. The summed E-state index contributed by atoms with van der Waals surface area (Å²) < 4.78 is 26.1. The van der Waals surface area contributed by atoms with E-state index in [2.05, 4.69) is 11.5 Å². The number of Topliss-reactive ketones (excluding diaryl/α,β-unsaturated/α-hetero) is 2. The molecule has 0 amide bonds. The summed E-state index contributed by atoms with van der Waals surface area (Å²) in [6.07, 6.45) is 6.51. The second-order valence-corrected chi connectivity index (χ2v) is 9.85. The van der Waals surface area contributed by atoms with Gasteiger partial charge in [-0.1, -0.05) is 30.3 Å². The number of allylic oxidation sites excluding steroid dienone is 5. The molecule has 0 saturated carbocycles. The number of carbonyl (C=O) groups is 2. The van der Waals surface area contributed by atoms with Crippen molar-refractivity contribution < 1.29 is 23.5 Å². The van der Waals surface area contributed by atoms with E-state index in [0.717, 1.165) is 59.4 Å². The maximum Gasteiger partial charge on any atom is 0.165 e. The molecule has 0 bridgehead atoms. The van der Waals surface area contributed by atoms with E-state index in [-0.39, 0.29) is 24.0 Å². The van der Waals surface area contributed by atoms with E-state index in [1.807, 2.05) is 19.2 Å². The Morgan fingerprint density at radius 3 is 2.24 bits per heavy atom. The van der Waals surface area contributed by atoms with Crippen molar-refractivity contribution in [2.45, 2.75) is 57.5 Å². The highest BCUT2D eigenvalue weighted by Gasteiger charge is 2.42. The van der Waals surface area contributed by atoms with Crippen molar-refractivity contribution in [1.29, 1.82) is 0 Å². The Bertz CT molecular complexity index is 1290. The largest absolute Gasteiger partial charge is 0.493 e. The van der Waals surface area contributed by atoms with E-state index in [4.69, 9.17) is 9.47 Å². The lowest BCUT2D eigenvalue weighted by atomic mass is 9.71. The molecule has 2 aromatic rings. The van der Waals surface area contributed by atoms with E-state index >= 15 is 0 Å². The highest BCUT2D eigenvalue weighted by atomic mass is 19.1. The summed E-state index contributed by atoms with van der Waals surface area (Å²) in [6.45, 7) is 3.95. The van der Waals surface area contributed by atoms with Gasteiger partial charge in [0, 0.05) is 59.5 Å². The average Bonchev–Trinajstić information content (AvgIpc) is 2.90. The number of benzene rings is 2. The highest BCUT2D eigenvalue weighted by Crippen LogP contribution is 2.50. The lowest BCUT2D eigenvalue weighted by molar-refractivity contribution is -0.117. The molecule has 6 heteroatoms. The molecule has 192 valence electrons. The topological polar surface area (TPSA) is 55.8 Å². The minimum absolute atomic E-state index is 0.0440. The molecule has 2 aromatic carbocycles. The Morgan fingerprint density at radius 1 is 1.00 bits per heavy atom. The summed E-state index contributed by atoms with van der Waals surface area (Å²) in [6, 6.07) is 10.4. The fourth-order valence-corrected chi connectivity index (χ4v) is 5.92. The molecule has 3 aliphatic rings. The number of halogens is 1. The predicted molar refractivity (Wildman–Crippen MR) is 140 cm³/mol. The lowest BCUT2D eigenvalue weighted by Crippen LogP contribution is -2.37. The number of carbonyl (C=O) groups excluding carboxylic acids is 2. The third-order valence-electron chi connectivity index (χ3n) is 7.65.